The molecular formula is C13H20ClN3. The number of benzene rings is 1. The second kappa shape index (κ2) is 5.15. The lowest BCUT2D eigenvalue weighted by atomic mass is 10.00. The lowest BCUT2D eigenvalue weighted by Gasteiger charge is -2.39. The number of hydrazine groups is 1. The maximum absolute atomic E-state index is 5.96. The standard InChI is InChI=1S/C13H20ClN3/c1-9-4-3-5-10(2)17(9)16-13-7-6-11(14)8-12(13)15/h6-10,16H,3-5,15H2,1-2H3. The second-order valence-corrected chi connectivity index (χ2v) is 5.32. The Bertz CT molecular complexity index is 384. The van der Waals surface area contributed by atoms with E-state index in [1.807, 2.05) is 12.1 Å². The van der Waals surface area contributed by atoms with Gasteiger partial charge in [0.25, 0.3) is 0 Å². The van der Waals surface area contributed by atoms with Gasteiger partial charge in [-0.15, -0.1) is 0 Å². The average molecular weight is 254 g/mol. The maximum Gasteiger partial charge on any atom is 0.0721 e. The zero-order chi connectivity index (χ0) is 12.4. The minimum Gasteiger partial charge on any atom is -0.397 e. The number of halogens is 1. The van der Waals surface area contributed by atoms with E-state index in [2.05, 4.69) is 24.3 Å². The van der Waals surface area contributed by atoms with E-state index in [-0.39, 0.29) is 0 Å². The summed E-state index contributed by atoms with van der Waals surface area (Å²) in [7, 11) is 0. The lowest BCUT2D eigenvalue weighted by Crippen LogP contribution is -2.47. The minimum absolute atomic E-state index is 0.536. The molecule has 1 aromatic carbocycles. The smallest absolute Gasteiger partial charge is 0.0721 e. The molecule has 1 aliphatic rings. The highest BCUT2D eigenvalue weighted by atomic mass is 35.5. The quantitative estimate of drug-likeness (QED) is 0.793. The highest BCUT2D eigenvalue weighted by Crippen LogP contribution is 2.27. The number of anilines is 2. The molecule has 3 N–H and O–H groups in total. The van der Waals surface area contributed by atoms with Crippen molar-refractivity contribution in [2.24, 2.45) is 0 Å². The van der Waals surface area contributed by atoms with Gasteiger partial charge in [-0.3, -0.25) is 0 Å². The molecule has 2 unspecified atom stereocenters. The summed E-state index contributed by atoms with van der Waals surface area (Å²) in [5, 5.41) is 2.97. The summed E-state index contributed by atoms with van der Waals surface area (Å²) in [6.45, 7) is 4.49. The third-order valence-corrected chi connectivity index (χ3v) is 3.69. The zero-order valence-corrected chi connectivity index (χ0v) is 11.2. The fourth-order valence-electron chi connectivity index (χ4n) is 2.42. The van der Waals surface area contributed by atoms with Crippen molar-refractivity contribution in [3.05, 3.63) is 23.2 Å². The normalized spacial score (nSPS) is 25.8. The SMILES string of the molecule is CC1CCCC(C)N1Nc1ccc(Cl)cc1N. The molecule has 0 aromatic heterocycles. The fraction of sp³-hybridized carbons (Fsp3) is 0.538. The van der Waals surface area contributed by atoms with Crippen LogP contribution in [0.1, 0.15) is 33.1 Å². The maximum atomic E-state index is 5.96. The van der Waals surface area contributed by atoms with Crippen molar-refractivity contribution >= 4 is 23.0 Å². The van der Waals surface area contributed by atoms with Crippen LogP contribution < -0.4 is 11.2 Å². The molecule has 1 fully saturated rings. The number of nitrogens with zero attached hydrogens (tertiary/aromatic N) is 1. The van der Waals surface area contributed by atoms with Crippen LogP contribution in [0.5, 0.6) is 0 Å². The Labute approximate surface area is 108 Å². The number of nitrogens with two attached hydrogens (primary N) is 1. The summed E-state index contributed by atoms with van der Waals surface area (Å²) >= 11 is 5.90. The predicted octanol–water partition coefficient (Wildman–Crippen LogP) is 3.51. The van der Waals surface area contributed by atoms with E-state index in [0.717, 1.165) is 5.69 Å². The molecule has 0 amide bonds. The Morgan fingerprint density at radius 2 is 1.94 bits per heavy atom. The molecule has 0 aliphatic carbocycles. The Balaban J connectivity index is 2.13. The fourth-order valence-corrected chi connectivity index (χ4v) is 2.60. The molecule has 1 saturated heterocycles. The number of hydrogen-bond donors (Lipinski definition) is 2. The first-order chi connectivity index (χ1) is 8.08. The summed E-state index contributed by atoms with van der Waals surface area (Å²) in [6, 6.07) is 6.65. The van der Waals surface area contributed by atoms with Crippen molar-refractivity contribution in [1.82, 2.24) is 5.01 Å². The van der Waals surface area contributed by atoms with Gasteiger partial charge in [0.15, 0.2) is 0 Å². The molecule has 17 heavy (non-hydrogen) atoms. The Hall–Kier alpha value is -0.930. The molecule has 94 valence electrons. The van der Waals surface area contributed by atoms with Gasteiger partial charge < -0.3 is 11.2 Å². The number of nitrogen functional groups attached to an aromatic ring is 1. The van der Waals surface area contributed by atoms with Crippen molar-refractivity contribution in [3.63, 3.8) is 0 Å². The summed E-state index contributed by atoms with van der Waals surface area (Å²) in [5.41, 5.74) is 11.0. The Morgan fingerprint density at radius 3 is 2.53 bits per heavy atom. The average Bonchev–Trinajstić information content (AvgIpc) is 2.26. The van der Waals surface area contributed by atoms with Gasteiger partial charge in [-0.05, 0) is 44.9 Å². The van der Waals surface area contributed by atoms with E-state index in [4.69, 9.17) is 17.3 Å². The van der Waals surface area contributed by atoms with E-state index in [1.54, 1.807) is 6.07 Å². The summed E-state index contributed by atoms with van der Waals surface area (Å²) in [4.78, 5) is 0. The highest BCUT2D eigenvalue weighted by Gasteiger charge is 2.24. The van der Waals surface area contributed by atoms with Gasteiger partial charge >= 0.3 is 0 Å². The van der Waals surface area contributed by atoms with Crippen molar-refractivity contribution in [3.8, 4) is 0 Å². The molecule has 1 aromatic rings. The first-order valence-electron chi connectivity index (χ1n) is 6.18. The second-order valence-electron chi connectivity index (χ2n) is 4.88. The van der Waals surface area contributed by atoms with E-state index in [0.29, 0.717) is 22.8 Å². The molecule has 2 atom stereocenters. The molecule has 3 nitrogen and oxygen atoms in total. The van der Waals surface area contributed by atoms with E-state index >= 15 is 0 Å². The Kier molecular flexibility index (Phi) is 3.79. The predicted molar refractivity (Wildman–Crippen MR) is 74.1 cm³/mol. The van der Waals surface area contributed by atoms with Gasteiger partial charge in [0, 0.05) is 17.1 Å². The number of nitrogens with one attached hydrogen (secondary N) is 1. The Morgan fingerprint density at radius 1 is 1.29 bits per heavy atom. The number of rotatable bonds is 2. The van der Waals surface area contributed by atoms with E-state index < -0.39 is 0 Å². The van der Waals surface area contributed by atoms with Crippen molar-refractivity contribution < 1.29 is 0 Å². The molecular weight excluding hydrogens is 234 g/mol. The summed E-state index contributed by atoms with van der Waals surface area (Å²) in [6.07, 6.45) is 3.76. The van der Waals surface area contributed by atoms with Crippen LogP contribution in [-0.4, -0.2) is 17.1 Å². The number of piperidine rings is 1. The molecule has 0 radical (unpaired) electrons. The summed E-state index contributed by atoms with van der Waals surface area (Å²) < 4.78 is 0. The van der Waals surface area contributed by atoms with Gasteiger partial charge in [0.05, 0.1) is 11.4 Å². The molecule has 2 rings (SSSR count). The van der Waals surface area contributed by atoms with Crippen LogP contribution in [0.2, 0.25) is 5.02 Å². The van der Waals surface area contributed by atoms with Gasteiger partial charge in [-0.1, -0.05) is 18.0 Å². The van der Waals surface area contributed by atoms with Gasteiger partial charge in [0.1, 0.15) is 0 Å². The topological polar surface area (TPSA) is 41.3 Å². The third-order valence-electron chi connectivity index (χ3n) is 3.46. The van der Waals surface area contributed by atoms with Crippen molar-refractivity contribution in [2.45, 2.75) is 45.2 Å². The first kappa shape index (κ1) is 12.5. The van der Waals surface area contributed by atoms with Crippen molar-refractivity contribution in [2.75, 3.05) is 11.2 Å². The van der Waals surface area contributed by atoms with Crippen molar-refractivity contribution in [1.29, 1.82) is 0 Å². The van der Waals surface area contributed by atoms with Crippen LogP contribution in [0.3, 0.4) is 0 Å². The first-order valence-corrected chi connectivity index (χ1v) is 6.55. The molecule has 0 bridgehead atoms. The van der Waals surface area contributed by atoms with Gasteiger partial charge in [-0.25, -0.2) is 5.01 Å². The minimum atomic E-state index is 0.536. The highest BCUT2D eigenvalue weighted by molar-refractivity contribution is 6.31. The molecule has 1 heterocycles. The molecule has 4 heteroatoms. The van der Waals surface area contributed by atoms with Crippen LogP contribution in [0, 0.1) is 0 Å². The van der Waals surface area contributed by atoms with Crippen LogP contribution in [-0.2, 0) is 0 Å². The lowest BCUT2D eigenvalue weighted by molar-refractivity contribution is 0.136. The van der Waals surface area contributed by atoms with Crippen LogP contribution in [0.4, 0.5) is 11.4 Å². The molecule has 1 aliphatic heterocycles. The summed E-state index contributed by atoms with van der Waals surface area (Å²) in [5.74, 6) is 0. The van der Waals surface area contributed by atoms with Gasteiger partial charge in [-0.2, -0.15) is 0 Å². The van der Waals surface area contributed by atoms with Gasteiger partial charge in [0.2, 0.25) is 0 Å². The van der Waals surface area contributed by atoms with Crippen LogP contribution in [0.25, 0.3) is 0 Å². The van der Waals surface area contributed by atoms with Crippen LogP contribution >= 0.6 is 11.6 Å². The monoisotopic (exact) mass is 253 g/mol. The molecule has 0 saturated carbocycles. The van der Waals surface area contributed by atoms with E-state index in [1.165, 1.54) is 19.3 Å². The van der Waals surface area contributed by atoms with E-state index in [9.17, 15) is 0 Å². The van der Waals surface area contributed by atoms with Crippen LogP contribution in [0.15, 0.2) is 18.2 Å². The largest absolute Gasteiger partial charge is 0.397 e. The molecule has 0 spiro atoms. The zero-order valence-electron chi connectivity index (χ0n) is 10.4. The third kappa shape index (κ3) is 2.85. The number of hydrogen-bond acceptors (Lipinski definition) is 3.